The molecule has 5 heteroatoms. The van der Waals surface area contributed by atoms with Gasteiger partial charge in [0.1, 0.15) is 0 Å². The van der Waals surface area contributed by atoms with Crippen LogP contribution in [0.3, 0.4) is 0 Å². The summed E-state index contributed by atoms with van der Waals surface area (Å²) in [5.41, 5.74) is 2.91. The van der Waals surface area contributed by atoms with Crippen molar-refractivity contribution in [2.45, 2.75) is 32.1 Å². The van der Waals surface area contributed by atoms with Gasteiger partial charge in [0.25, 0.3) is 10.0 Å². The number of hydrogen-bond acceptors (Lipinski definition) is 3. The maximum Gasteiger partial charge on any atom is 0.268 e. The highest BCUT2D eigenvalue weighted by Gasteiger charge is 2.23. The molecule has 1 aromatic heterocycles. The van der Waals surface area contributed by atoms with Gasteiger partial charge in [-0.1, -0.05) is 31.2 Å². The van der Waals surface area contributed by atoms with Crippen LogP contribution in [0.1, 0.15) is 35.3 Å². The molecule has 0 fully saturated rings. The van der Waals surface area contributed by atoms with E-state index in [1.807, 2.05) is 32.0 Å². The molecule has 0 radical (unpaired) electrons. The van der Waals surface area contributed by atoms with Crippen molar-refractivity contribution in [1.82, 2.24) is 3.97 Å². The van der Waals surface area contributed by atoms with Crippen LogP contribution in [0, 0.1) is 6.92 Å². The van der Waals surface area contributed by atoms with Crippen LogP contribution >= 0.6 is 0 Å². The van der Waals surface area contributed by atoms with Gasteiger partial charge in [-0.15, -0.1) is 0 Å². The topological polar surface area (TPSA) is 56.1 Å². The second kappa shape index (κ2) is 5.91. The third-order valence-corrected chi connectivity index (χ3v) is 5.96. The van der Waals surface area contributed by atoms with Gasteiger partial charge in [-0.05, 0) is 49.6 Å². The summed E-state index contributed by atoms with van der Waals surface area (Å²) in [5.74, 6) is -0.149. The van der Waals surface area contributed by atoms with Crippen LogP contribution in [-0.2, 0) is 16.4 Å². The van der Waals surface area contributed by atoms with E-state index in [1.54, 1.807) is 24.3 Å². The second-order valence-corrected chi connectivity index (χ2v) is 7.68. The normalized spacial score (nSPS) is 11.8. The highest BCUT2D eigenvalue weighted by Crippen LogP contribution is 2.29. The zero-order valence-corrected chi connectivity index (χ0v) is 14.7. The lowest BCUT2D eigenvalue weighted by Crippen LogP contribution is -2.12. The van der Waals surface area contributed by atoms with Crippen LogP contribution < -0.4 is 0 Å². The van der Waals surface area contributed by atoms with E-state index in [9.17, 15) is 13.2 Å². The van der Waals surface area contributed by atoms with Crippen molar-refractivity contribution in [3.05, 3.63) is 65.4 Å². The van der Waals surface area contributed by atoms with Gasteiger partial charge in [0.05, 0.1) is 10.4 Å². The molecule has 0 bridgehead atoms. The number of Topliss-reactive ketones (excluding diaryl/α,β-unsaturated/α-hetero) is 1. The van der Waals surface area contributed by atoms with E-state index in [1.165, 1.54) is 17.1 Å². The molecule has 0 unspecified atom stereocenters. The molecule has 0 aliphatic heterocycles. The molecule has 0 saturated heterocycles. The SMILES string of the molecule is CCc1ccc(S(=O)(=O)n2cc(C(C)=O)c3c(C)cccc32)cc1. The molecule has 0 aliphatic rings. The molecule has 0 amide bonds. The van der Waals surface area contributed by atoms with Gasteiger partial charge in [0.15, 0.2) is 5.78 Å². The van der Waals surface area contributed by atoms with Gasteiger partial charge < -0.3 is 0 Å². The van der Waals surface area contributed by atoms with Crippen LogP contribution in [0.5, 0.6) is 0 Å². The van der Waals surface area contributed by atoms with Gasteiger partial charge in [-0.3, -0.25) is 4.79 Å². The Morgan fingerprint density at radius 1 is 1.08 bits per heavy atom. The number of fused-ring (bicyclic) bond motifs is 1. The van der Waals surface area contributed by atoms with Crippen molar-refractivity contribution in [3.8, 4) is 0 Å². The predicted molar refractivity (Wildman–Crippen MR) is 95.1 cm³/mol. The van der Waals surface area contributed by atoms with Crippen molar-refractivity contribution in [2.24, 2.45) is 0 Å². The first-order valence-corrected chi connectivity index (χ1v) is 9.26. The minimum Gasteiger partial charge on any atom is -0.294 e. The van der Waals surface area contributed by atoms with Crippen molar-refractivity contribution in [3.63, 3.8) is 0 Å². The van der Waals surface area contributed by atoms with Crippen molar-refractivity contribution < 1.29 is 13.2 Å². The van der Waals surface area contributed by atoms with Gasteiger partial charge >= 0.3 is 0 Å². The monoisotopic (exact) mass is 341 g/mol. The summed E-state index contributed by atoms with van der Waals surface area (Å²) in [4.78, 5) is 12.2. The molecule has 0 N–H and O–H groups in total. The summed E-state index contributed by atoms with van der Waals surface area (Å²) in [6.45, 7) is 5.35. The average molecular weight is 341 g/mol. The fourth-order valence-electron chi connectivity index (χ4n) is 2.91. The zero-order valence-electron chi connectivity index (χ0n) is 13.9. The molecule has 3 aromatic rings. The first-order valence-electron chi connectivity index (χ1n) is 7.82. The molecule has 2 aromatic carbocycles. The van der Waals surface area contributed by atoms with E-state index in [2.05, 4.69) is 0 Å². The van der Waals surface area contributed by atoms with Crippen molar-refractivity contribution >= 4 is 26.7 Å². The molecule has 0 aliphatic carbocycles. The Hall–Kier alpha value is -2.40. The summed E-state index contributed by atoms with van der Waals surface area (Å²) in [6.07, 6.45) is 2.28. The molecule has 1 heterocycles. The maximum absolute atomic E-state index is 13.0. The van der Waals surface area contributed by atoms with Crippen LogP contribution in [0.25, 0.3) is 10.9 Å². The Balaban J connectivity index is 2.28. The molecule has 0 atom stereocenters. The van der Waals surface area contributed by atoms with Gasteiger partial charge in [-0.2, -0.15) is 0 Å². The number of aromatic nitrogens is 1. The second-order valence-electron chi connectivity index (χ2n) is 5.87. The van der Waals surface area contributed by atoms with Crippen LogP contribution in [-0.4, -0.2) is 18.2 Å². The van der Waals surface area contributed by atoms with Crippen LogP contribution in [0.15, 0.2) is 53.6 Å². The highest BCUT2D eigenvalue weighted by molar-refractivity contribution is 7.90. The van der Waals surface area contributed by atoms with E-state index in [4.69, 9.17) is 0 Å². The van der Waals surface area contributed by atoms with E-state index >= 15 is 0 Å². The quantitative estimate of drug-likeness (QED) is 0.675. The minimum atomic E-state index is -3.76. The van der Waals surface area contributed by atoms with Gasteiger partial charge in [0.2, 0.25) is 0 Å². The van der Waals surface area contributed by atoms with Crippen molar-refractivity contribution in [2.75, 3.05) is 0 Å². The fraction of sp³-hybridized carbons (Fsp3) is 0.211. The standard InChI is InChI=1S/C19H19NO3S/c1-4-15-8-10-16(11-9-15)24(22,23)20-12-17(14(3)21)19-13(2)6-5-7-18(19)20/h5-12H,4H2,1-3H3. The fourth-order valence-corrected chi connectivity index (χ4v) is 4.28. The zero-order chi connectivity index (χ0) is 17.5. The molecule has 0 saturated carbocycles. The number of carbonyl (C=O) groups is 1. The smallest absolute Gasteiger partial charge is 0.268 e. The number of rotatable bonds is 4. The Bertz CT molecular complexity index is 1030. The van der Waals surface area contributed by atoms with E-state index in [0.29, 0.717) is 16.5 Å². The maximum atomic E-state index is 13.0. The number of carbonyl (C=O) groups excluding carboxylic acids is 1. The average Bonchev–Trinajstić information content (AvgIpc) is 2.97. The molecule has 3 rings (SSSR count). The largest absolute Gasteiger partial charge is 0.294 e. The number of hydrogen-bond donors (Lipinski definition) is 0. The van der Waals surface area contributed by atoms with Gasteiger partial charge in [0, 0.05) is 17.1 Å². The summed E-state index contributed by atoms with van der Waals surface area (Å²) in [7, 11) is -3.76. The lowest BCUT2D eigenvalue weighted by Gasteiger charge is -2.08. The van der Waals surface area contributed by atoms with Gasteiger partial charge in [-0.25, -0.2) is 12.4 Å². The highest BCUT2D eigenvalue weighted by atomic mass is 32.2. The van der Waals surface area contributed by atoms with Crippen LogP contribution in [0.4, 0.5) is 0 Å². The third kappa shape index (κ3) is 2.55. The number of nitrogens with zero attached hydrogens (tertiary/aromatic N) is 1. The molecule has 124 valence electrons. The first-order chi connectivity index (χ1) is 11.4. The molecule has 0 spiro atoms. The first kappa shape index (κ1) is 16.5. The number of ketones is 1. The number of benzene rings is 2. The molecular formula is C19H19NO3S. The Labute approximate surface area is 141 Å². The van der Waals surface area contributed by atoms with Crippen LogP contribution in [0.2, 0.25) is 0 Å². The predicted octanol–water partition coefficient (Wildman–Crippen LogP) is 3.95. The number of aryl methyl sites for hydroxylation is 2. The van der Waals surface area contributed by atoms with E-state index < -0.39 is 10.0 Å². The summed E-state index contributed by atoms with van der Waals surface area (Å²) < 4.78 is 27.3. The Kier molecular flexibility index (Phi) is 4.05. The lowest BCUT2D eigenvalue weighted by atomic mass is 10.1. The Morgan fingerprint density at radius 2 is 1.75 bits per heavy atom. The third-order valence-electron chi connectivity index (χ3n) is 4.27. The summed E-state index contributed by atoms with van der Waals surface area (Å²) in [6, 6.07) is 12.3. The molecule has 4 nitrogen and oxygen atoms in total. The summed E-state index contributed by atoms with van der Waals surface area (Å²) in [5, 5.41) is 0.693. The van der Waals surface area contributed by atoms with Crippen molar-refractivity contribution in [1.29, 1.82) is 0 Å². The summed E-state index contributed by atoms with van der Waals surface area (Å²) >= 11 is 0. The lowest BCUT2D eigenvalue weighted by molar-refractivity contribution is 0.101. The molecule has 24 heavy (non-hydrogen) atoms. The Morgan fingerprint density at radius 3 is 2.33 bits per heavy atom. The van der Waals surface area contributed by atoms with E-state index in [-0.39, 0.29) is 10.7 Å². The minimum absolute atomic E-state index is 0.149. The molecular weight excluding hydrogens is 322 g/mol. The van der Waals surface area contributed by atoms with E-state index in [0.717, 1.165) is 17.5 Å².